The average Bonchev–Trinajstić information content (AvgIpc) is 3.44. The van der Waals surface area contributed by atoms with Crippen LogP contribution in [0.1, 0.15) is 50.2 Å². The summed E-state index contributed by atoms with van der Waals surface area (Å²) in [5, 5.41) is 9.40. The normalized spacial score (nSPS) is 21.5. The van der Waals surface area contributed by atoms with Crippen LogP contribution in [0.15, 0.2) is 53.8 Å². The Labute approximate surface area is 150 Å². The fourth-order valence-electron chi connectivity index (χ4n) is 3.16. The number of hydrogen-bond donors (Lipinski definition) is 1. The van der Waals surface area contributed by atoms with Gasteiger partial charge in [0.05, 0.1) is 19.3 Å². The summed E-state index contributed by atoms with van der Waals surface area (Å²) >= 11 is 0. The second kappa shape index (κ2) is 8.50. The van der Waals surface area contributed by atoms with Gasteiger partial charge in [-0.1, -0.05) is 24.8 Å². The third-order valence-corrected chi connectivity index (χ3v) is 4.75. The predicted molar refractivity (Wildman–Crippen MR) is 101 cm³/mol. The maximum absolute atomic E-state index is 9.40. The highest BCUT2D eigenvalue weighted by Crippen LogP contribution is 2.32. The number of benzene rings is 1. The van der Waals surface area contributed by atoms with E-state index in [1.54, 1.807) is 0 Å². The van der Waals surface area contributed by atoms with Crippen molar-refractivity contribution in [3.8, 4) is 0 Å². The van der Waals surface area contributed by atoms with E-state index in [1.165, 1.54) is 29.6 Å². The van der Waals surface area contributed by atoms with Gasteiger partial charge < -0.3 is 14.6 Å². The summed E-state index contributed by atoms with van der Waals surface area (Å²) in [5.41, 5.74) is 5.72. The molecule has 3 heteroatoms. The largest absolute Gasteiger partial charge is 0.491 e. The number of ether oxygens (including phenoxy) is 2. The van der Waals surface area contributed by atoms with E-state index in [0.29, 0.717) is 19.3 Å². The van der Waals surface area contributed by atoms with Gasteiger partial charge in [0.25, 0.3) is 0 Å². The molecule has 25 heavy (non-hydrogen) atoms. The summed E-state index contributed by atoms with van der Waals surface area (Å²) in [4.78, 5) is 0. The van der Waals surface area contributed by atoms with Crippen LogP contribution in [-0.4, -0.2) is 24.4 Å². The number of rotatable bonds is 7. The Morgan fingerprint density at radius 3 is 2.80 bits per heavy atom. The predicted octanol–water partition coefficient (Wildman–Crippen LogP) is 4.77. The van der Waals surface area contributed by atoms with E-state index in [0.717, 1.165) is 36.2 Å². The molecule has 0 heterocycles. The number of aliphatic hydroxyl groups is 1. The van der Waals surface area contributed by atoms with E-state index < -0.39 is 0 Å². The first kappa shape index (κ1) is 18.0. The molecule has 0 atom stereocenters. The zero-order valence-electron chi connectivity index (χ0n) is 15.1. The van der Waals surface area contributed by atoms with Crippen LogP contribution < -0.4 is 0 Å². The molecule has 0 radical (unpaired) electrons. The number of aliphatic hydroxyl groups excluding tert-OH is 1. The van der Waals surface area contributed by atoms with E-state index in [-0.39, 0.29) is 6.61 Å². The Balaban J connectivity index is 1.76. The molecular weight excluding hydrogens is 312 g/mol. The lowest BCUT2D eigenvalue weighted by Crippen LogP contribution is -2.07. The number of allylic oxidation sites excluding steroid dienone is 4. The Morgan fingerprint density at radius 2 is 2.04 bits per heavy atom. The Morgan fingerprint density at radius 1 is 1.20 bits per heavy atom. The molecule has 1 aromatic carbocycles. The van der Waals surface area contributed by atoms with E-state index in [1.807, 2.05) is 12.1 Å². The van der Waals surface area contributed by atoms with Gasteiger partial charge in [-0.15, -0.1) is 0 Å². The molecule has 1 N–H and O–H groups in total. The average molecular weight is 340 g/mol. The minimum atomic E-state index is 0.0716. The zero-order valence-corrected chi connectivity index (χ0v) is 15.1. The molecule has 0 amide bonds. The first-order chi connectivity index (χ1) is 12.2. The first-order valence-electron chi connectivity index (χ1n) is 9.21. The highest BCUT2D eigenvalue weighted by Gasteiger charge is 2.21. The summed E-state index contributed by atoms with van der Waals surface area (Å²) in [6.07, 6.45) is 7.94. The van der Waals surface area contributed by atoms with Gasteiger partial charge in [-0.25, -0.2) is 0 Å². The van der Waals surface area contributed by atoms with E-state index in [2.05, 4.69) is 31.7 Å². The Kier molecular flexibility index (Phi) is 6.11. The fraction of sp³-hybridized carbons (Fsp3) is 0.455. The zero-order chi connectivity index (χ0) is 17.6. The van der Waals surface area contributed by atoms with Crippen molar-refractivity contribution in [2.24, 2.45) is 0 Å². The lowest BCUT2D eigenvalue weighted by Gasteiger charge is -2.19. The second-order valence-electron chi connectivity index (χ2n) is 6.90. The van der Waals surface area contributed by atoms with Crippen LogP contribution in [-0.2, 0) is 16.1 Å². The second-order valence-corrected chi connectivity index (χ2v) is 6.90. The van der Waals surface area contributed by atoms with Crippen LogP contribution in [0.25, 0.3) is 5.57 Å². The minimum absolute atomic E-state index is 0.0716. The summed E-state index contributed by atoms with van der Waals surface area (Å²) in [6.45, 7) is 7.61. The first-order valence-corrected chi connectivity index (χ1v) is 9.21. The molecule has 0 unspecified atom stereocenters. The van der Waals surface area contributed by atoms with Crippen molar-refractivity contribution in [2.45, 2.75) is 51.7 Å². The molecule has 3 nitrogen and oxygen atoms in total. The molecular formula is C22H28O3. The van der Waals surface area contributed by atoms with Crippen molar-refractivity contribution in [1.82, 2.24) is 0 Å². The third-order valence-electron chi connectivity index (χ3n) is 4.75. The minimum Gasteiger partial charge on any atom is -0.491 e. The number of hydrogen-bond acceptors (Lipinski definition) is 3. The van der Waals surface area contributed by atoms with Gasteiger partial charge in [0.1, 0.15) is 12.4 Å². The van der Waals surface area contributed by atoms with Crippen molar-refractivity contribution >= 4 is 5.57 Å². The third kappa shape index (κ3) is 5.07. The summed E-state index contributed by atoms with van der Waals surface area (Å²) in [7, 11) is 0. The van der Waals surface area contributed by atoms with Crippen molar-refractivity contribution in [3.63, 3.8) is 0 Å². The standard InChI is InChI=1S/C22H28O3/c1-16-5-3-8-21(19-7-4-6-18(14-19)15-23)17(2)13-22(16)25-12-11-24-20-9-10-20/h4,6-7,13-14,20,23H,1,3,5,8-12,15H2,2H3/b21-17+,22-13?. The maximum atomic E-state index is 9.40. The molecule has 1 fully saturated rings. The lowest BCUT2D eigenvalue weighted by atomic mass is 9.90. The maximum Gasteiger partial charge on any atom is 0.122 e. The molecule has 0 bridgehead atoms. The molecule has 0 saturated heterocycles. The molecule has 0 spiro atoms. The highest BCUT2D eigenvalue weighted by atomic mass is 16.5. The quantitative estimate of drug-likeness (QED) is 0.727. The topological polar surface area (TPSA) is 38.7 Å². The van der Waals surface area contributed by atoms with Gasteiger partial charge in [-0.05, 0) is 79.0 Å². The monoisotopic (exact) mass is 340 g/mol. The van der Waals surface area contributed by atoms with Crippen molar-refractivity contribution < 1.29 is 14.6 Å². The molecule has 0 aliphatic heterocycles. The molecule has 1 saturated carbocycles. The molecule has 3 rings (SSSR count). The van der Waals surface area contributed by atoms with Crippen molar-refractivity contribution in [1.29, 1.82) is 0 Å². The van der Waals surface area contributed by atoms with Crippen LogP contribution in [0.3, 0.4) is 0 Å². The smallest absolute Gasteiger partial charge is 0.122 e. The molecule has 2 aliphatic carbocycles. The fourth-order valence-corrected chi connectivity index (χ4v) is 3.16. The summed E-state index contributed by atoms with van der Waals surface area (Å²) in [6, 6.07) is 8.16. The van der Waals surface area contributed by atoms with Crippen LogP contribution >= 0.6 is 0 Å². The molecule has 1 aromatic rings. The van der Waals surface area contributed by atoms with Gasteiger partial charge in [0.2, 0.25) is 0 Å². The van der Waals surface area contributed by atoms with Crippen LogP contribution in [0.4, 0.5) is 0 Å². The summed E-state index contributed by atoms with van der Waals surface area (Å²) < 4.78 is 11.6. The van der Waals surface area contributed by atoms with Crippen LogP contribution in [0.5, 0.6) is 0 Å². The van der Waals surface area contributed by atoms with Gasteiger partial charge in [-0.2, -0.15) is 0 Å². The van der Waals surface area contributed by atoms with E-state index in [9.17, 15) is 5.11 Å². The lowest BCUT2D eigenvalue weighted by molar-refractivity contribution is 0.0673. The SMILES string of the molecule is C=C1CCC/C(c2cccc(CO)c2)=C(/C)C=C1OCCOC1CC1. The Hall–Kier alpha value is -1.84. The van der Waals surface area contributed by atoms with Gasteiger partial charge >= 0.3 is 0 Å². The van der Waals surface area contributed by atoms with Gasteiger partial charge in [0.15, 0.2) is 0 Å². The van der Waals surface area contributed by atoms with Gasteiger partial charge in [0, 0.05) is 0 Å². The van der Waals surface area contributed by atoms with Gasteiger partial charge in [-0.3, -0.25) is 0 Å². The molecule has 2 aliphatic rings. The summed E-state index contributed by atoms with van der Waals surface area (Å²) in [5.74, 6) is 0.882. The van der Waals surface area contributed by atoms with Crippen molar-refractivity contribution in [2.75, 3.05) is 13.2 Å². The Bertz CT molecular complexity index is 680. The van der Waals surface area contributed by atoms with E-state index >= 15 is 0 Å². The van der Waals surface area contributed by atoms with E-state index in [4.69, 9.17) is 9.47 Å². The van der Waals surface area contributed by atoms with Crippen LogP contribution in [0, 0.1) is 0 Å². The van der Waals surface area contributed by atoms with Crippen molar-refractivity contribution in [3.05, 3.63) is 65.0 Å². The molecule has 0 aromatic heterocycles. The highest BCUT2D eigenvalue weighted by molar-refractivity contribution is 5.71. The van der Waals surface area contributed by atoms with Crippen LogP contribution in [0.2, 0.25) is 0 Å². The molecule has 134 valence electrons.